The first-order valence-corrected chi connectivity index (χ1v) is 16.7. The SMILES string of the molecule is CC1(C)[C@H]2CC[C@]1(C)C(=O)C2C(=O)N1CCC(N2CCN(C(=O)c3cc(-c4ccccc4)nc(-c4ccccc4)c3)CC2)CC1. The van der Waals surface area contributed by atoms with Crippen molar-refractivity contribution in [3.8, 4) is 22.5 Å². The Morgan fingerprint density at radius 2 is 1.29 bits per heavy atom. The number of benzene rings is 2. The van der Waals surface area contributed by atoms with Crippen LogP contribution in [0, 0.1) is 22.7 Å². The van der Waals surface area contributed by atoms with Crippen molar-refractivity contribution in [3.05, 3.63) is 78.4 Å². The number of amides is 2. The molecule has 2 saturated carbocycles. The van der Waals surface area contributed by atoms with Crippen LogP contribution in [0.3, 0.4) is 0 Å². The molecule has 3 heterocycles. The lowest BCUT2D eigenvalue weighted by atomic mass is 9.70. The molecule has 2 aliphatic carbocycles. The molecule has 4 fully saturated rings. The molecule has 7 rings (SSSR count). The summed E-state index contributed by atoms with van der Waals surface area (Å²) >= 11 is 0. The Kier molecular flexibility index (Phi) is 7.63. The minimum Gasteiger partial charge on any atom is -0.342 e. The first-order valence-electron chi connectivity index (χ1n) is 16.7. The van der Waals surface area contributed by atoms with Gasteiger partial charge < -0.3 is 9.80 Å². The van der Waals surface area contributed by atoms with E-state index < -0.39 is 5.92 Å². The molecule has 0 N–H and O–H groups in total. The van der Waals surface area contributed by atoms with Gasteiger partial charge in [0.2, 0.25) is 5.91 Å². The third kappa shape index (κ3) is 5.09. The van der Waals surface area contributed by atoms with Gasteiger partial charge in [-0.2, -0.15) is 0 Å². The normalized spacial score (nSPS) is 26.8. The molecule has 7 heteroatoms. The van der Waals surface area contributed by atoms with Crippen molar-refractivity contribution in [1.29, 1.82) is 0 Å². The summed E-state index contributed by atoms with van der Waals surface area (Å²) in [5.41, 5.74) is 3.76. The summed E-state index contributed by atoms with van der Waals surface area (Å²) in [4.78, 5) is 52.2. The van der Waals surface area contributed by atoms with E-state index in [0.717, 1.165) is 61.3 Å². The van der Waals surface area contributed by atoms with Gasteiger partial charge in [-0.05, 0) is 49.1 Å². The molecule has 2 saturated heterocycles. The van der Waals surface area contributed by atoms with Crippen LogP contribution >= 0.6 is 0 Å². The van der Waals surface area contributed by atoms with E-state index in [0.29, 0.717) is 37.8 Å². The van der Waals surface area contributed by atoms with Crippen molar-refractivity contribution in [2.45, 2.75) is 52.5 Å². The Labute approximate surface area is 266 Å². The molecule has 0 radical (unpaired) electrons. The number of Topliss-reactive ketones (excluding diaryl/α,β-unsaturated/α-hetero) is 1. The van der Waals surface area contributed by atoms with Crippen LogP contribution < -0.4 is 0 Å². The fourth-order valence-corrected chi connectivity index (χ4v) is 8.66. The number of fused-ring (bicyclic) bond motifs is 2. The number of aromatic nitrogens is 1. The summed E-state index contributed by atoms with van der Waals surface area (Å²) in [6, 6.07) is 24.3. The molecule has 4 aliphatic rings. The highest BCUT2D eigenvalue weighted by atomic mass is 16.2. The number of pyridine rings is 1. The van der Waals surface area contributed by atoms with Gasteiger partial charge in [-0.3, -0.25) is 19.3 Å². The molecule has 234 valence electrons. The largest absolute Gasteiger partial charge is 0.342 e. The van der Waals surface area contributed by atoms with Gasteiger partial charge in [-0.1, -0.05) is 81.4 Å². The third-order valence-corrected chi connectivity index (χ3v) is 11.9. The highest BCUT2D eigenvalue weighted by Crippen LogP contribution is 2.66. The van der Waals surface area contributed by atoms with Crippen LogP contribution in [0.5, 0.6) is 0 Å². The Morgan fingerprint density at radius 3 is 1.80 bits per heavy atom. The summed E-state index contributed by atoms with van der Waals surface area (Å²) < 4.78 is 0. The monoisotopic (exact) mass is 604 g/mol. The maximum absolute atomic E-state index is 13.9. The Balaban J connectivity index is 0.983. The van der Waals surface area contributed by atoms with Gasteiger partial charge >= 0.3 is 0 Å². The van der Waals surface area contributed by atoms with Crippen LogP contribution in [0.4, 0.5) is 0 Å². The first-order chi connectivity index (χ1) is 21.7. The Hall–Kier alpha value is -3.84. The lowest BCUT2D eigenvalue weighted by Gasteiger charge is -2.43. The molecule has 3 aromatic rings. The van der Waals surface area contributed by atoms with E-state index in [-0.39, 0.29) is 34.3 Å². The van der Waals surface area contributed by atoms with Crippen molar-refractivity contribution in [1.82, 2.24) is 19.7 Å². The van der Waals surface area contributed by atoms with E-state index in [1.54, 1.807) is 0 Å². The number of nitrogens with zero attached hydrogens (tertiary/aromatic N) is 4. The molecule has 45 heavy (non-hydrogen) atoms. The zero-order valence-electron chi connectivity index (χ0n) is 26.7. The van der Waals surface area contributed by atoms with Crippen LogP contribution in [0.1, 0.15) is 56.8 Å². The molecule has 7 nitrogen and oxygen atoms in total. The molecule has 1 unspecified atom stereocenters. The van der Waals surface area contributed by atoms with Gasteiger partial charge in [-0.15, -0.1) is 0 Å². The second-order valence-corrected chi connectivity index (χ2v) is 14.3. The summed E-state index contributed by atoms with van der Waals surface area (Å²) in [6.07, 6.45) is 3.72. The van der Waals surface area contributed by atoms with E-state index in [1.165, 1.54) is 0 Å². The lowest BCUT2D eigenvalue weighted by Crippen LogP contribution is -2.55. The molecule has 2 amide bonds. The summed E-state index contributed by atoms with van der Waals surface area (Å²) in [5.74, 6) is -0.00397. The number of rotatable bonds is 5. The van der Waals surface area contributed by atoms with E-state index in [9.17, 15) is 14.4 Å². The molecule has 3 atom stereocenters. The summed E-state index contributed by atoms with van der Waals surface area (Å²) in [7, 11) is 0. The van der Waals surface area contributed by atoms with Crippen LogP contribution in [-0.2, 0) is 9.59 Å². The molecule has 2 bridgehead atoms. The van der Waals surface area contributed by atoms with Crippen LogP contribution in [0.2, 0.25) is 0 Å². The minimum atomic E-state index is -0.456. The van der Waals surface area contributed by atoms with Crippen LogP contribution in [-0.4, -0.2) is 82.6 Å². The van der Waals surface area contributed by atoms with Gasteiger partial charge in [0.1, 0.15) is 5.92 Å². The second-order valence-electron chi connectivity index (χ2n) is 14.3. The number of carbonyl (C=O) groups excluding carboxylic acids is 3. The standard InChI is InChI=1S/C38H44N4O3/c1-37(2)30-14-17-38(37,3)34(43)33(30)36(45)41-18-15-29(16-19-41)40-20-22-42(23-21-40)35(44)28-24-31(26-10-6-4-7-11-26)39-32(25-28)27-12-8-5-9-13-27/h4-13,24-25,29-30,33H,14-23H2,1-3H3/t30-,33?,38+/m0/s1. The van der Waals surface area contributed by atoms with Crippen LogP contribution in [0.25, 0.3) is 22.5 Å². The molecular formula is C38H44N4O3. The number of carbonyl (C=O) groups is 3. The van der Waals surface area contributed by atoms with E-state index in [2.05, 4.69) is 25.7 Å². The molecule has 2 aliphatic heterocycles. The number of likely N-dealkylation sites (tertiary alicyclic amines) is 1. The molecule has 0 spiro atoms. The number of hydrogen-bond acceptors (Lipinski definition) is 5. The van der Waals surface area contributed by atoms with Gasteiger partial charge in [0.25, 0.3) is 5.91 Å². The topological polar surface area (TPSA) is 73.8 Å². The van der Waals surface area contributed by atoms with Crippen molar-refractivity contribution < 1.29 is 14.4 Å². The van der Waals surface area contributed by atoms with E-state index in [4.69, 9.17) is 4.98 Å². The van der Waals surface area contributed by atoms with Crippen molar-refractivity contribution in [2.24, 2.45) is 22.7 Å². The predicted octanol–water partition coefficient (Wildman–Crippen LogP) is 5.81. The van der Waals surface area contributed by atoms with Gasteiger partial charge in [0.05, 0.1) is 11.4 Å². The smallest absolute Gasteiger partial charge is 0.254 e. The zero-order chi connectivity index (χ0) is 31.3. The number of ketones is 1. The third-order valence-electron chi connectivity index (χ3n) is 11.9. The Bertz CT molecular complexity index is 1530. The minimum absolute atomic E-state index is 0.0407. The van der Waals surface area contributed by atoms with Gasteiger partial charge in [-0.25, -0.2) is 4.98 Å². The Morgan fingerprint density at radius 1 is 0.733 bits per heavy atom. The summed E-state index contributed by atoms with van der Waals surface area (Å²) in [6.45, 7) is 10.9. The van der Waals surface area contributed by atoms with Crippen molar-refractivity contribution in [3.63, 3.8) is 0 Å². The average Bonchev–Trinajstić information content (AvgIpc) is 3.41. The summed E-state index contributed by atoms with van der Waals surface area (Å²) in [5, 5.41) is 0. The van der Waals surface area contributed by atoms with E-state index in [1.807, 2.05) is 82.6 Å². The average molecular weight is 605 g/mol. The maximum Gasteiger partial charge on any atom is 0.254 e. The predicted molar refractivity (Wildman–Crippen MR) is 175 cm³/mol. The zero-order valence-corrected chi connectivity index (χ0v) is 26.7. The van der Waals surface area contributed by atoms with E-state index >= 15 is 0 Å². The number of hydrogen-bond donors (Lipinski definition) is 0. The number of piperidine rings is 1. The van der Waals surface area contributed by atoms with Crippen molar-refractivity contribution in [2.75, 3.05) is 39.3 Å². The second kappa shape index (κ2) is 11.5. The fraction of sp³-hybridized carbons (Fsp3) is 0.474. The lowest BCUT2D eigenvalue weighted by molar-refractivity contribution is -0.146. The maximum atomic E-state index is 13.9. The van der Waals surface area contributed by atoms with Crippen molar-refractivity contribution >= 4 is 17.6 Å². The van der Waals surface area contributed by atoms with Crippen LogP contribution in [0.15, 0.2) is 72.8 Å². The van der Waals surface area contributed by atoms with Gasteiger partial charge in [0.15, 0.2) is 5.78 Å². The molecule has 1 aromatic heterocycles. The molecular weight excluding hydrogens is 560 g/mol. The van der Waals surface area contributed by atoms with Gasteiger partial charge in [0, 0.05) is 67.4 Å². The number of piperazine rings is 1. The highest BCUT2D eigenvalue weighted by molar-refractivity contribution is 6.07. The highest BCUT2D eigenvalue weighted by Gasteiger charge is 2.68. The first kappa shape index (κ1) is 29.8. The fourth-order valence-electron chi connectivity index (χ4n) is 8.66. The quantitative estimate of drug-likeness (QED) is 0.344. The molecule has 2 aromatic carbocycles.